The first-order valence-corrected chi connectivity index (χ1v) is 5.11. The van der Waals surface area contributed by atoms with Crippen LogP contribution in [0.1, 0.15) is 40.0 Å². The van der Waals surface area contributed by atoms with Gasteiger partial charge in [0.15, 0.2) is 0 Å². The second-order valence-corrected chi connectivity index (χ2v) is 4.28. The second kappa shape index (κ2) is 5.86. The Hall–Kier alpha value is -0.770. The van der Waals surface area contributed by atoms with Crippen LogP contribution < -0.4 is 5.73 Å². The lowest BCUT2D eigenvalue weighted by Gasteiger charge is -2.34. The molecule has 0 fully saturated rings. The molecule has 0 aliphatic carbocycles. The van der Waals surface area contributed by atoms with Gasteiger partial charge in [-0.1, -0.05) is 12.1 Å². The van der Waals surface area contributed by atoms with E-state index in [1.54, 1.807) is 0 Å². The zero-order valence-electron chi connectivity index (χ0n) is 9.75. The van der Waals surface area contributed by atoms with Gasteiger partial charge in [-0.3, -0.25) is 0 Å². The fraction of sp³-hybridized carbons (Fsp3) is 0.900. The highest BCUT2D eigenvalue weighted by Gasteiger charge is 2.20. The monoisotopic (exact) mass is 201 g/mol. The van der Waals surface area contributed by atoms with Crippen LogP contribution in [0, 0.1) is 0 Å². The van der Waals surface area contributed by atoms with Crippen molar-refractivity contribution in [2.75, 3.05) is 13.6 Å². The number of oxime groups is 1. The molecule has 0 saturated heterocycles. The SMILES string of the molecule is CCC(C)(C)N(C)CCCC(N)=NO. The molecule has 0 aromatic rings. The molecule has 0 radical (unpaired) electrons. The second-order valence-electron chi connectivity index (χ2n) is 4.28. The average Bonchev–Trinajstić information content (AvgIpc) is 2.17. The van der Waals surface area contributed by atoms with Crippen LogP contribution in [-0.4, -0.2) is 35.1 Å². The molecule has 0 unspecified atom stereocenters. The molecular formula is C10H23N3O. The van der Waals surface area contributed by atoms with Crippen LogP contribution in [0.3, 0.4) is 0 Å². The summed E-state index contributed by atoms with van der Waals surface area (Å²) in [5.74, 6) is 0.313. The largest absolute Gasteiger partial charge is 0.409 e. The summed E-state index contributed by atoms with van der Waals surface area (Å²) in [7, 11) is 2.11. The Balaban J connectivity index is 3.80. The molecular weight excluding hydrogens is 178 g/mol. The molecule has 14 heavy (non-hydrogen) atoms. The number of nitrogens with zero attached hydrogens (tertiary/aromatic N) is 2. The van der Waals surface area contributed by atoms with Crippen molar-refractivity contribution in [3.05, 3.63) is 0 Å². The molecule has 0 aliphatic rings. The van der Waals surface area contributed by atoms with E-state index in [0.29, 0.717) is 12.3 Å². The van der Waals surface area contributed by atoms with E-state index in [0.717, 1.165) is 19.4 Å². The predicted octanol–water partition coefficient (Wildman–Crippen LogP) is 1.63. The third kappa shape index (κ3) is 4.46. The molecule has 3 N–H and O–H groups in total. The van der Waals surface area contributed by atoms with Crippen molar-refractivity contribution >= 4 is 5.84 Å². The summed E-state index contributed by atoms with van der Waals surface area (Å²) in [6.45, 7) is 7.59. The van der Waals surface area contributed by atoms with E-state index in [2.05, 4.69) is 37.9 Å². The third-order valence-electron chi connectivity index (χ3n) is 2.95. The first-order chi connectivity index (χ1) is 6.44. The molecule has 0 rings (SSSR count). The Labute approximate surface area is 86.8 Å². The highest BCUT2D eigenvalue weighted by molar-refractivity contribution is 5.79. The number of amidine groups is 1. The maximum absolute atomic E-state index is 8.36. The Bertz CT molecular complexity index is 190. The van der Waals surface area contributed by atoms with Gasteiger partial charge in [0.1, 0.15) is 5.84 Å². The van der Waals surface area contributed by atoms with Crippen molar-refractivity contribution in [3.63, 3.8) is 0 Å². The van der Waals surface area contributed by atoms with Crippen LogP contribution in [0.15, 0.2) is 5.16 Å². The van der Waals surface area contributed by atoms with Gasteiger partial charge in [0.25, 0.3) is 0 Å². The molecule has 0 atom stereocenters. The minimum Gasteiger partial charge on any atom is -0.409 e. The van der Waals surface area contributed by atoms with Crippen molar-refractivity contribution in [3.8, 4) is 0 Å². The zero-order valence-corrected chi connectivity index (χ0v) is 9.75. The summed E-state index contributed by atoms with van der Waals surface area (Å²) in [6, 6.07) is 0. The Morgan fingerprint density at radius 2 is 2.07 bits per heavy atom. The maximum Gasteiger partial charge on any atom is 0.139 e. The standard InChI is InChI=1S/C10H23N3O/c1-5-10(2,3)13(4)8-6-7-9(11)12-14/h14H,5-8H2,1-4H3,(H2,11,12). The number of hydrogen-bond donors (Lipinski definition) is 2. The highest BCUT2D eigenvalue weighted by atomic mass is 16.4. The maximum atomic E-state index is 8.36. The van der Waals surface area contributed by atoms with Crippen molar-refractivity contribution in [2.45, 2.75) is 45.6 Å². The molecule has 0 aromatic heterocycles. The van der Waals surface area contributed by atoms with Crippen molar-refractivity contribution in [1.29, 1.82) is 0 Å². The van der Waals surface area contributed by atoms with Crippen molar-refractivity contribution in [2.24, 2.45) is 10.9 Å². The first kappa shape index (κ1) is 13.2. The van der Waals surface area contributed by atoms with Crippen LogP contribution >= 0.6 is 0 Å². The zero-order chi connectivity index (χ0) is 11.2. The lowest BCUT2D eigenvalue weighted by molar-refractivity contribution is 0.150. The summed E-state index contributed by atoms with van der Waals surface area (Å²) < 4.78 is 0. The first-order valence-electron chi connectivity index (χ1n) is 5.11. The van der Waals surface area contributed by atoms with Crippen molar-refractivity contribution < 1.29 is 5.21 Å². The molecule has 0 heterocycles. The van der Waals surface area contributed by atoms with Gasteiger partial charge >= 0.3 is 0 Å². The summed E-state index contributed by atoms with van der Waals surface area (Å²) in [6.07, 6.45) is 2.70. The molecule has 0 spiro atoms. The van der Waals surface area contributed by atoms with Gasteiger partial charge in [0, 0.05) is 12.0 Å². The summed E-state index contributed by atoms with van der Waals surface area (Å²) in [5, 5.41) is 11.3. The van der Waals surface area contributed by atoms with Crippen LogP contribution in [0.4, 0.5) is 0 Å². The fourth-order valence-corrected chi connectivity index (χ4v) is 1.12. The summed E-state index contributed by atoms with van der Waals surface area (Å²) >= 11 is 0. The Morgan fingerprint density at radius 1 is 1.50 bits per heavy atom. The normalized spacial score (nSPS) is 13.6. The molecule has 0 aromatic carbocycles. The topological polar surface area (TPSA) is 61.8 Å². The molecule has 4 nitrogen and oxygen atoms in total. The quantitative estimate of drug-likeness (QED) is 0.297. The van der Waals surface area contributed by atoms with Gasteiger partial charge in [-0.15, -0.1) is 0 Å². The highest BCUT2D eigenvalue weighted by Crippen LogP contribution is 2.16. The molecule has 84 valence electrons. The molecule has 0 amide bonds. The molecule has 0 bridgehead atoms. The van der Waals surface area contributed by atoms with E-state index in [1.807, 2.05) is 0 Å². The van der Waals surface area contributed by atoms with E-state index >= 15 is 0 Å². The van der Waals surface area contributed by atoms with Gasteiger partial charge in [-0.05, 0) is 40.3 Å². The van der Waals surface area contributed by atoms with Gasteiger partial charge in [-0.25, -0.2) is 0 Å². The van der Waals surface area contributed by atoms with E-state index in [9.17, 15) is 0 Å². The number of rotatable bonds is 6. The Morgan fingerprint density at radius 3 is 2.50 bits per heavy atom. The van der Waals surface area contributed by atoms with Gasteiger partial charge < -0.3 is 15.8 Å². The minimum atomic E-state index is 0.227. The lowest BCUT2D eigenvalue weighted by atomic mass is 10.00. The molecule has 0 saturated carbocycles. The number of nitrogens with two attached hydrogens (primary N) is 1. The van der Waals surface area contributed by atoms with Crippen LogP contribution in [0.2, 0.25) is 0 Å². The van der Waals surface area contributed by atoms with E-state index in [-0.39, 0.29) is 5.54 Å². The summed E-state index contributed by atoms with van der Waals surface area (Å²) in [4.78, 5) is 2.30. The number of hydrogen-bond acceptors (Lipinski definition) is 3. The Kier molecular flexibility index (Phi) is 5.53. The lowest BCUT2D eigenvalue weighted by Crippen LogP contribution is -2.41. The molecule has 0 aliphatic heterocycles. The van der Waals surface area contributed by atoms with Crippen molar-refractivity contribution in [1.82, 2.24) is 4.90 Å². The van der Waals surface area contributed by atoms with Crippen LogP contribution in [-0.2, 0) is 0 Å². The minimum absolute atomic E-state index is 0.227. The molecule has 4 heteroatoms. The third-order valence-corrected chi connectivity index (χ3v) is 2.95. The van der Waals surface area contributed by atoms with Gasteiger partial charge in [-0.2, -0.15) is 0 Å². The van der Waals surface area contributed by atoms with Crippen LogP contribution in [0.25, 0.3) is 0 Å². The fourth-order valence-electron chi connectivity index (χ4n) is 1.12. The summed E-state index contributed by atoms with van der Waals surface area (Å²) in [5.41, 5.74) is 5.61. The van der Waals surface area contributed by atoms with Gasteiger partial charge in [0.2, 0.25) is 0 Å². The van der Waals surface area contributed by atoms with Gasteiger partial charge in [0.05, 0.1) is 0 Å². The predicted molar refractivity (Wildman–Crippen MR) is 59.6 cm³/mol. The van der Waals surface area contributed by atoms with E-state index < -0.39 is 0 Å². The van der Waals surface area contributed by atoms with Crippen LogP contribution in [0.5, 0.6) is 0 Å². The van der Waals surface area contributed by atoms with E-state index in [1.165, 1.54) is 0 Å². The smallest absolute Gasteiger partial charge is 0.139 e. The average molecular weight is 201 g/mol. The van der Waals surface area contributed by atoms with E-state index in [4.69, 9.17) is 10.9 Å².